The molecule has 3 aromatic rings. The molecule has 0 bridgehead atoms. The maximum absolute atomic E-state index is 12.3. The van der Waals surface area contributed by atoms with Gasteiger partial charge in [-0.2, -0.15) is 0 Å². The molecule has 0 spiro atoms. The van der Waals surface area contributed by atoms with Crippen molar-refractivity contribution in [3.8, 4) is 0 Å². The van der Waals surface area contributed by atoms with Crippen molar-refractivity contribution >= 4 is 40.0 Å². The molecule has 0 saturated carbocycles. The average Bonchev–Trinajstić information content (AvgIpc) is 2.66. The minimum absolute atomic E-state index is 0.0324. The molecular formula is C20H19N3O2S. The number of hydrogen-bond donors (Lipinski definition) is 1. The molecule has 0 atom stereocenters. The van der Waals surface area contributed by atoms with Crippen LogP contribution in [0.3, 0.4) is 0 Å². The van der Waals surface area contributed by atoms with E-state index in [9.17, 15) is 9.59 Å². The number of Topliss-reactive ketones (excluding diaryl/α,β-unsaturated/α-hetero) is 1. The van der Waals surface area contributed by atoms with Crippen LogP contribution in [-0.4, -0.2) is 27.4 Å². The summed E-state index contributed by atoms with van der Waals surface area (Å²) < 4.78 is 0. The first-order valence-electron chi connectivity index (χ1n) is 8.36. The maximum Gasteiger partial charge on any atom is 0.234 e. The van der Waals surface area contributed by atoms with Gasteiger partial charge < -0.3 is 5.32 Å². The molecule has 0 saturated heterocycles. The van der Waals surface area contributed by atoms with Gasteiger partial charge in [-0.25, -0.2) is 9.97 Å². The molecule has 5 nitrogen and oxygen atoms in total. The Labute approximate surface area is 156 Å². The molecule has 26 heavy (non-hydrogen) atoms. The molecule has 0 aliphatic heterocycles. The lowest BCUT2D eigenvalue weighted by Gasteiger charge is -2.09. The number of carbonyl (C=O) groups is 2. The fourth-order valence-corrected chi connectivity index (χ4v) is 3.35. The summed E-state index contributed by atoms with van der Waals surface area (Å²) in [6.45, 7) is 3.51. The predicted octanol–water partition coefficient (Wildman–Crippen LogP) is 4.13. The van der Waals surface area contributed by atoms with Gasteiger partial charge in [0.05, 0.1) is 11.3 Å². The van der Waals surface area contributed by atoms with Crippen LogP contribution in [0.2, 0.25) is 0 Å². The number of amides is 1. The van der Waals surface area contributed by atoms with Crippen molar-refractivity contribution in [2.24, 2.45) is 0 Å². The zero-order valence-electron chi connectivity index (χ0n) is 14.7. The second-order valence-electron chi connectivity index (χ2n) is 5.79. The standard InChI is InChI=1S/C20H19N3O2S/c1-3-18-22-17-10-5-4-9-16(17)20(23-18)26-12-19(25)21-15-8-6-7-14(11-15)13(2)24/h4-11H,3,12H2,1-2H3,(H,21,25). The van der Waals surface area contributed by atoms with Crippen LogP contribution in [0.5, 0.6) is 0 Å². The molecule has 1 N–H and O–H groups in total. The summed E-state index contributed by atoms with van der Waals surface area (Å²) >= 11 is 1.39. The maximum atomic E-state index is 12.3. The Bertz CT molecular complexity index is 972. The molecule has 3 rings (SSSR count). The number of aromatic nitrogens is 2. The van der Waals surface area contributed by atoms with Gasteiger partial charge in [0.15, 0.2) is 5.78 Å². The highest BCUT2D eigenvalue weighted by atomic mass is 32.2. The number of nitrogens with one attached hydrogen (secondary N) is 1. The van der Waals surface area contributed by atoms with Gasteiger partial charge in [-0.1, -0.05) is 49.0 Å². The number of benzene rings is 2. The second-order valence-corrected chi connectivity index (χ2v) is 6.75. The van der Waals surface area contributed by atoms with E-state index in [1.54, 1.807) is 24.3 Å². The van der Waals surface area contributed by atoms with Crippen LogP contribution in [0, 0.1) is 0 Å². The SMILES string of the molecule is CCc1nc(SCC(=O)Nc2cccc(C(C)=O)c2)c2ccccc2n1. The molecule has 0 aliphatic carbocycles. The first kappa shape index (κ1) is 18.1. The Kier molecular flexibility index (Phi) is 5.63. The van der Waals surface area contributed by atoms with E-state index in [4.69, 9.17) is 0 Å². The van der Waals surface area contributed by atoms with E-state index in [0.717, 1.165) is 28.2 Å². The van der Waals surface area contributed by atoms with E-state index in [0.29, 0.717) is 11.3 Å². The summed E-state index contributed by atoms with van der Waals surface area (Å²) in [5, 5.41) is 4.58. The minimum Gasteiger partial charge on any atom is -0.325 e. The van der Waals surface area contributed by atoms with Gasteiger partial charge in [0.1, 0.15) is 10.9 Å². The van der Waals surface area contributed by atoms with Crippen LogP contribution in [0.1, 0.15) is 30.0 Å². The number of ketones is 1. The minimum atomic E-state index is -0.142. The van der Waals surface area contributed by atoms with Crippen molar-refractivity contribution in [1.29, 1.82) is 0 Å². The Morgan fingerprint density at radius 1 is 1.08 bits per heavy atom. The van der Waals surface area contributed by atoms with Crippen LogP contribution >= 0.6 is 11.8 Å². The summed E-state index contributed by atoms with van der Waals surface area (Å²) in [4.78, 5) is 32.8. The Morgan fingerprint density at radius 2 is 1.88 bits per heavy atom. The Balaban J connectivity index is 1.73. The van der Waals surface area contributed by atoms with Crippen LogP contribution in [0.15, 0.2) is 53.6 Å². The molecule has 1 aromatic heterocycles. The van der Waals surface area contributed by atoms with Crippen LogP contribution in [0.4, 0.5) is 5.69 Å². The lowest BCUT2D eigenvalue weighted by molar-refractivity contribution is -0.113. The summed E-state index contributed by atoms with van der Waals surface area (Å²) in [6, 6.07) is 14.7. The van der Waals surface area contributed by atoms with E-state index in [2.05, 4.69) is 15.3 Å². The number of nitrogens with zero attached hydrogens (tertiary/aromatic N) is 2. The average molecular weight is 365 g/mol. The van der Waals surface area contributed by atoms with E-state index in [1.807, 2.05) is 31.2 Å². The summed E-state index contributed by atoms with van der Waals surface area (Å²) in [5.74, 6) is 0.821. The third-order valence-corrected chi connectivity index (χ3v) is 4.81. The van der Waals surface area contributed by atoms with Crippen molar-refractivity contribution < 1.29 is 9.59 Å². The lowest BCUT2D eigenvalue weighted by Crippen LogP contribution is -2.14. The highest BCUT2D eigenvalue weighted by Crippen LogP contribution is 2.25. The van der Waals surface area contributed by atoms with Gasteiger partial charge >= 0.3 is 0 Å². The van der Waals surface area contributed by atoms with Crippen molar-refractivity contribution in [2.45, 2.75) is 25.3 Å². The smallest absolute Gasteiger partial charge is 0.234 e. The molecule has 1 heterocycles. The van der Waals surface area contributed by atoms with Crippen molar-refractivity contribution in [3.05, 3.63) is 59.9 Å². The highest BCUT2D eigenvalue weighted by Gasteiger charge is 2.10. The van der Waals surface area contributed by atoms with Crippen LogP contribution in [0.25, 0.3) is 10.9 Å². The first-order chi connectivity index (χ1) is 12.6. The number of fused-ring (bicyclic) bond motifs is 1. The summed E-state index contributed by atoms with van der Waals surface area (Å²) in [5.41, 5.74) is 2.08. The van der Waals surface area contributed by atoms with Crippen LogP contribution in [-0.2, 0) is 11.2 Å². The van der Waals surface area contributed by atoms with Gasteiger partial charge in [0.25, 0.3) is 0 Å². The Hall–Kier alpha value is -2.73. The van der Waals surface area contributed by atoms with Crippen molar-refractivity contribution in [1.82, 2.24) is 9.97 Å². The van der Waals surface area contributed by atoms with E-state index < -0.39 is 0 Å². The number of hydrogen-bond acceptors (Lipinski definition) is 5. The van der Waals surface area contributed by atoms with Gasteiger partial charge in [-0.05, 0) is 25.1 Å². The molecule has 1 amide bonds. The van der Waals surface area contributed by atoms with Gasteiger partial charge in [-0.3, -0.25) is 9.59 Å². The predicted molar refractivity (Wildman–Crippen MR) is 105 cm³/mol. The molecule has 0 aliphatic rings. The lowest BCUT2D eigenvalue weighted by atomic mass is 10.1. The largest absolute Gasteiger partial charge is 0.325 e. The van der Waals surface area contributed by atoms with Crippen molar-refractivity contribution in [2.75, 3.05) is 11.1 Å². The van der Waals surface area contributed by atoms with Crippen LogP contribution < -0.4 is 5.32 Å². The number of carbonyl (C=O) groups excluding carboxylic acids is 2. The monoisotopic (exact) mass is 365 g/mol. The molecule has 2 aromatic carbocycles. The summed E-state index contributed by atoms with van der Waals surface area (Å²) in [7, 11) is 0. The van der Waals surface area contributed by atoms with Gasteiger partial charge in [-0.15, -0.1) is 0 Å². The molecule has 0 fully saturated rings. The molecule has 0 unspecified atom stereocenters. The fraction of sp³-hybridized carbons (Fsp3) is 0.200. The normalized spacial score (nSPS) is 10.7. The highest BCUT2D eigenvalue weighted by molar-refractivity contribution is 8.00. The molecule has 6 heteroatoms. The molecule has 0 radical (unpaired) electrons. The van der Waals surface area contributed by atoms with E-state index in [-0.39, 0.29) is 17.4 Å². The number of thioether (sulfide) groups is 1. The molecule has 132 valence electrons. The number of para-hydroxylation sites is 1. The molecular weight excluding hydrogens is 346 g/mol. The van der Waals surface area contributed by atoms with Gasteiger partial charge in [0, 0.05) is 23.1 Å². The summed E-state index contributed by atoms with van der Waals surface area (Å²) in [6.07, 6.45) is 0.739. The first-order valence-corrected chi connectivity index (χ1v) is 9.34. The quantitative estimate of drug-likeness (QED) is 0.404. The Morgan fingerprint density at radius 3 is 2.65 bits per heavy atom. The third kappa shape index (κ3) is 4.26. The topological polar surface area (TPSA) is 72.0 Å². The second kappa shape index (κ2) is 8.10. The third-order valence-electron chi connectivity index (χ3n) is 3.82. The van der Waals surface area contributed by atoms with E-state index >= 15 is 0 Å². The van der Waals surface area contributed by atoms with E-state index in [1.165, 1.54) is 18.7 Å². The zero-order valence-corrected chi connectivity index (χ0v) is 15.5. The van der Waals surface area contributed by atoms with Gasteiger partial charge in [0.2, 0.25) is 5.91 Å². The number of rotatable bonds is 6. The zero-order chi connectivity index (χ0) is 18.5. The number of anilines is 1. The number of aryl methyl sites for hydroxylation is 1. The fourth-order valence-electron chi connectivity index (χ4n) is 2.51. The van der Waals surface area contributed by atoms with Crippen molar-refractivity contribution in [3.63, 3.8) is 0 Å².